The molecule has 2 aromatic rings. The summed E-state index contributed by atoms with van der Waals surface area (Å²) < 4.78 is 27.8. The molecule has 2 rings (SSSR count). The van der Waals surface area contributed by atoms with Gasteiger partial charge in [0.05, 0.1) is 6.42 Å². The number of nitrogens with one attached hydrogen (secondary N) is 1. The number of amides is 2. The molecule has 1 atom stereocenters. The maximum absolute atomic E-state index is 14.0. The average Bonchev–Trinajstić information content (AvgIpc) is 2.61. The van der Waals surface area contributed by atoms with Crippen LogP contribution in [0.25, 0.3) is 0 Å². The van der Waals surface area contributed by atoms with E-state index in [1.54, 1.807) is 31.2 Å². The predicted octanol–water partition coefficient (Wildman–Crippen LogP) is 2.67. The fourth-order valence-electron chi connectivity index (χ4n) is 2.51. The van der Waals surface area contributed by atoms with Crippen LogP contribution in [0.1, 0.15) is 18.1 Å². The summed E-state index contributed by atoms with van der Waals surface area (Å²) in [7, 11) is 1.46. The largest absolute Gasteiger partial charge is 0.357 e. The van der Waals surface area contributed by atoms with Gasteiger partial charge in [0.25, 0.3) is 0 Å². The summed E-state index contributed by atoms with van der Waals surface area (Å²) in [5, 5.41) is 2.48. The van der Waals surface area contributed by atoms with Crippen molar-refractivity contribution in [2.75, 3.05) is 7.05 Å². The van der Waals surface area contributed by atoms with Crippen LogP contribution in [0.4, 0.5) is 8.78 Å². The van der Waals surface area contributed by atoms with Crippen molar-refractivity contribution >= 4 is 11.8 Å². The Morgan fingerprint density at radius 1 is 1.00 bits per heavy atom. The summed E-state index contributed by atoms with van der Waals surface area (Å²) in [5.74, 6) is -1.78. The van der Waals surface area contributed by atoms with Crippen molar-refractivity contribution in [2.24, 2.45) is 0 Å². The quantitative estimate of drug-likeness (QED) is 0.874. The standard InChI is InChI=1S/C19H20F2N2O2/c1-13(19(25)22-2)23(12-15-8-4-6-10-17(15)21)18(24)11-14-7-3-5-9-16(14)20/h3-10,13H,11-12H2,1-2H3,(H,22,25)/t13-/m1/s1. The lowest BCUT2D eigenvalue weighted by atomic mass is 10.1. The summed E-state index contributed by atoms with van der Waals surface area (Å²) in [4.78, 5) is 25.9. The van der Waals surface area contributed by atoms with Gasteiger partial charge in [0.15, 0.2) is 0 Å². The summed E-state index contributed by atoms with van der Waals surface area (Å²) in [5.41, 5.74) is 0.523. The number of benzene rings is 2. The molecule has 0 saturated carbocycles. The molecule has 0 aliphatic rings. The SMILES string of the molecule is CNC(=O)[C@@H](C)N(Cc1ccccc1F)C(=O)Cc1ccccc1F. The van der Waals surface area contributed by atoms with E-state index in [0.29, 0.717) is 5.56 Å². The monoisotopic (exact) mass is 346 g/mol. The zero-order valence-corrected chi connectivity index (χ0v) is 14.1. The maximum atomic E-state index is 14.0. The van der Waals surface area contributed by atoms with Crippen LogP contribution < -0.4 is 5.32 Å². The van der Waals surface area contributed by atoms with Gasteiger partial charge in [-0.25, -0.2) is 8.78 Å². The van der Waals surface area contributed by atoms with Crippen LogP contribution in [0.2, 0.25) is 0 Å². The van der Waals surface area contributed by atoms with Crippen molar-refractivity contribution in [3.8, 4) is 0 Å². The van der Waals surface area contributed by atoms with Crippen LogP contribution in [0.3, 0.4) is 0 Å². The third kappa shape index (κ3) is 4.62. The van der Waals surface area contributed by atoms with Gasteiger partial charge in [0.1, 0.15) is 17.7 Å². The number of nitrogens with zero attached hydrogens (tertiary/aromatic N) is 1. The fraction of sp³-hybridized carbons (Fsp3) is 0.263. The van der Waals surface area contributed by atoms with E-state index in [0.717, 1.165) is 0 Å². The van der Waals surface area contributed by atoms with Gasteiger partial charge in [0.2, 0.25) is 11.8 Å². The minimum Gasteiger partial charge on any atom is -0.357 e. The molecule has 2 amide bonds. The highest BCUT2D eigenvalue weighted by Gasteiger charge is 2.26. The minimum absolute atomic E-state index is 0.0749. The molecule has 0 bridgehead atoms. The van der Waals surface area contributed by atoms with Gasteiger partial charge in [-0.3, -0.25) is 9.59 Å². The number of halogens is 2. The normalized spacial score (nSPS) is 11.7. The molecule has 4 nitrogen and oxygen atoms in total. The number of hydrogen-bond donors (Lipinski definition) is 1. The first kappa shape index (κ1) is 18.6. The number of likely N-dealkylation sites (N-methyl/N-ethyl adjacent to an activating group) is 1. The molecular weight excluding hydrogens is 326 g/mol. The second-order valence-electron chi connectivity index (χ2n) is 5.67. The van der Waals surface area contributed by atoms with Crippen molar-refractivity contribution < 1.29 is 18.4 Å². The Morgan fingerprint density at radius 2 is 1.52 bits per heavy atom. The van der Waals surface area contributed by atoms with Crippen LogP contribution in [0.5, 0.6) is 0 Å². The summed E-state index contributed by atoms with van der Waals surface area (Å²) in [6.07, 6.45) is -0.206. The van der Waals surface area contributed by atoms with Gasteiger partial charge < -0.3 is 10.2 Å². The van der Waals surface area contributed by atoms with Crippen molar-refractivity contribution in [1.29, 1.82) is 0 Å². The third-order valence-electron chi connectivity index (χ3n) is 4.01. The molecular formula is C19H20F2N2O2. The van der Waals surface area contributed by atoms with E-state index in [-0.39, 0.29) is 24.4 Å². The maximum Gasteiger partial charge on any atom is 0.242 e. The number of carbonyl (C=O) groups excluding carboxylic acids is 2. The molecule has 0 radical (unpaired) electrons. The summed E-state index contributed by atoms with van der Waals surface area (Å²) in [6.45, 7) is 1.48. The van der Waals surface area contributed by atoms with Gasteiger partial charge in [-0.05, 0) is 24.6 Å². The molecule has 0 unspecified atom stereocenters. The molecule has 0 aliphatic carbocycles. The lowest BCUT2D eigenvalue weighted by molar-refractivity contribution is -0.140. The second kappa shape index (κ2) is 8.37. The van der Waals surface area contributed by atoms with Gasteiger partial charge in [-0.1, -0.05) is 36.4 Å². The van der Waals surface area contributed by atoms with Crippen LogP contribution in [-0.4, -0.2) is 29.8 Å². The highest BCUT2D eigenvalue weighted by atomic mass is 19.1. The van der Waals surface area contributed by atoms with Crippen LogP contribution in [0, 0.1) is 11.6 Å². The molecule has 2 aromatic carbocycles. The molecule has 0 spiro atoms. The fourth-order valence-corrected chi connectivity index (χ4v) is 2.51. The number of carbonyl (C=O) groups is 2. The lowest BCUT2D eigenvalue weighted by Gasteiger charge is -2.28. The topological polar surface area (TPSA) is 49.4 Å². The lowest BCUT2D eigenvalue weighted by Crippen LogP contribution is -2.47. The molecule has 6 heteroatoms. The Hall–Kier alpha value is -2.76. The summed E-state index contributed by atoms with van der Waals surface area (Å²) >= 11 is 0. The van der Waals surface area contributed by atoms with Crippen molar-refractivity contribution in [3.05, 3.63) is 71.3 Å². The summed E-state index contributed by atoms with van der Waals surface area (Å²) in [6, 6.07) is 11.2. The van der Waals surface area contributed by atoms with Crippen molar-refractivity contribution in [1.82, 2.24) is 10.2 Å². The molecule has 0 aliphatic heterocycles. The zero-order valence-electron chi connectivity index (χ0n) is 14.1. The molecule has 0 heterocycles. The molecule has 0 aromatic heterocycles. The molecule has 132 valence electrons. The van der Waals surface area contributed by atoms with E-state index in [9.17, 15) is 18.4 Å². The Morgan fingerprint density at radius 3 is 2.04 bits per heavy atom. The van der Waals surface area contributed by atoms with E-state index in [1.807, 2.05) is 0 Å². The van der Waals surface area contributed by atoms with Gasteiger partial charge in [-0.2, -0.15) is 0 Å². The van der Waals surface area contributed by atoms with Gasteiger partial charge in [0, 0.05) is 19.2 Å². The van der Waals surface area contributed by atoms with Gasteiger partial charge in [-0.15, -0.1) is 0 Å². The first-order valence-corrected chi connectivity index (χ1v) is 7.92. The average molecular weight is 346 g/mol. The van der Waals surface area contributed by atoms with E-state index in [4.69, 9.17) is 0 Å². The van der Waals surface area contributed by atoms with Crippen molar-refractivity contribution in [3.63, 3.8) is 0 Å². The van der Waals surface area contributed by atoms with Crippen LogP contribution in [-0.2, 0) is 22.6 Å². The smallest absolute Gasteiger partial charge is 0.242 e. The third-order valence-corrected chi connectivity index (χ3v) is 4.01. The first-order chi connectivity index (χ1) is 11.9. The minimum atomic E-state index is -0.816. The molecule has 0 fully saturated rings. The Labute approximate surface area is 145 Å². The second-order valence-corrected chi connectivity index (χ2v) is 5.67. The number of rotatable bonds is 6. The molecule has 1 N–H and O–H groups in total. The van der Waals surface area contributed by atoms with Crippen LogP contribution in [0.15, 0.2) is 48.5 Å². The van der Waals surface area contributed by atoms with E-state index in [1.165, 1.54) is 36.2 Å². The van der Waals surface area contributed by atoms with E-state index < -0.39 is 23.6 Å². The Kier molecular flexibility index (Phi) is 6.22. The first-order valence-electron chi connectivity index (χ1n) is 7.92. The highest BCUT2D eigenvalue weighted by Crippen LogP contribution is 2.16. The van der Waals surface area contributed by atoms with E-state index >= 15 is 0 Å². The van der Waals surface area contributed by atoms with Gasteiger partial charge >= 0.3 is 0 Å². The van der Waals surface area contributed by atoms with Crippen LogP contribution >= 0.6 is 0 Å². The Balaban J connectivity index is 2.27. The zero-order chi connectivity index (χ0) is 18.4. The van der Waals surface area contributed by atoms with Crippen molar-refractivity contribution in [2.45, 2.75) is 25.9 Å². The highest BCUT2D eigenvalue weighted by molar-refractivity contribution is 5.88. The predicted molar refractivity (Wildman–Crippen MR) is 90.6 cm³/mol. The molecule has 0 saturated heterocycles. The van der Waals surface area contributed by atoms with E-state index in [2.05, 4.69) is 5.32 Å². The number of hydrogen-bond acceptors (Lipinski definition) is 2. The molecule has 25 heavy (non-hydrogen) atoms. The Bertz CT molecular complexity index is 765.